The smallest absolute Gasteiger partial charge is 0.261 e. The van der Waals surface area contributed by atoms with E-state index in [1.54, 1.807) is 23.9 Å². The molecular weight excluding hydrogens is 412 g/mol. The van der Waals surface area contributed by atoms with Crippen molar-refractivity contribution in [1.29, 1.82) is 0 Å². The van der Waals surface area contributed by atoms with Crippen LogP contribution in [0.15, 0.2) is 60.9 Å². The Bertz CT molecular complexity index is 1240. The molecule has 0 atom stereocenters. The molecule has 2 heterocycles. The molecule has 4 aromatic rings. The van der Waals surface area contributed by atoms with Crippen molar-refractivity contribution in [1.82, 2.24) is 14.3 Å². The number of methoxy groups -OCH3 is 1. The first kappa shape index (κ1) is 20.8. The summed E-state index contributed by atoms with van der Waals surface area (Å²) in [5.74, 6) is 0.878. The highest BCUT2D eigenvalue weighted by Gasteiger charge is 2.24. The SMILES string of the molecule is COc1cc(Cl)c(C)cc1NC(=O)c1c(C)nn(-c2ccc(C)cc2)c1-n1cccc1. The molecule has 0 radical (unpaired) electrons. The van der Waals surface area contributed by atoms with Gasteiger partial charge in [-0.3, -0.25) is 4.79 Å². The number of rotatable bonds is 5. The van der Waals surface area contributed by atoms with Crippen molar-refractivity contribution in [3.63, 3.8) is 0 Å². The molecule has 0 unspecified atom stereocenters. The molecule has 0 aliphatic rings. The Morgan fingerprint density at radius 2 is 1.74 bits per heavy atom. The van der Waals surface area contributed by atoms with Crippen LogP contribution in [0.4, 0.5) is 5.69 Å². The molecule has 0 fully saturated rings. The minimum Gasteiger partial charge on any atom is -0.495 e. The van der Waals surface area contributed by atoms with Crippen LogP contribution in [0, 0.1) is 20.8 Å². The maximum Gasteiger partial charge on any atom is 0.261 e. The van der Waals surface area contributed by atoms with Gasteiger partial charge in [-0.1, -0.05) is 29.3 Å². The summed E-state index contributed by atoms with van der Waals surface area (Å²) in [5, 5.41) is 8.23. The van der Waals surface area contributed by atoms with Gasteiger partial charge in [0, 0.05) is 23.5 Å². The average molecular weight is 435 g/mol. The van der Waals surface area contributed by atoms with Crippen LogP contribution in [-0.4, -0.2) is 27.4 Å². The second-order valence-electron chi connectivity index (χ2n) is 7.38. The second-order valence-corrected chi connectivity index (χ2v) is 7.78. The summed E-state index contributed by atoms with van der Waals surface area (Å²) in [5.41, 5.74) is 4.51. The molecule has 0 saturated carbocycles. The molecule has 7 heteroatoms. The maximum atomic E-state index is 13.4. The number of hydrogen-bond acceptors (Lipinski definition) is 3. The third-order valence-corrected chi connectivity index (χ3v) is 5.53. The van der Waals surface area contributed by atoms with E-state index in [0.29, 0.717) is 33.5 Å². The minimum atomic E-state index is -0.278. The molecule has 1 amide bonds. The quantitative estimate of drug-likeness (QED) is 0.451. The lowest BCUT2D eigenvalue weighted by molar-refractivity contribution is 0.102. The van der Waals surface area contributed by atoms with E-state index in [9.17, 15) is 4.79 Å². The van der Waals surface area contributed by atoms with E-state index in [-0.39, 0.29) is 5.91 Å². The predicted molar refractivity (Wildman–Crippen MR) is 123 cm³/mol. The van der Waals surface area contributed by atoms with E-state index in [1.807, 2.05) is 74.1 Å². The van der Waals surface area contributed by atoms with Gasteiger partial charge in [-0.15, -0.1) is 0 Å². The fourth-order valence-electron chi connectivity index (χ4n) is 3.48. The van der Waals surface area contributed by atoms with Crippen molar-refractivity contribution in [2.45, 2.75) is 20.8 Å². The zero-order valence-electron chi connectivity index (χ0n) is 17.8. The third-order valence-electron chi connectivity index (χ3n) is 5.12. The van der Waals surface area contributed by atoms with Gasteiger partial charge in [0.1, 0.15) is 11.3 Å². The van der Waals surface area contributed by atoms with Gasteiger partial charge in [0.25, 0.3) is 5.91 Å². The molecule has 158 valence electrons. The first-order valence-electron chi connectivity index (χ1n) is 9.84. The lowest BCUT2D eigenvalue weighted by atomic mass is 10.1. The Balaban J connectivity index is 1.83. The van der Waals surface area contributed by atoms with Crippen LogP contribution < -0.4 is 10.1 Å². The molecule has 0 aliphatic carbocycles. The zero-order chi connectivity index (χ0) is 22.1. The topological polar surface area (TPSA) is 61.1 Å². The molecule has 6 nitrogen and oxygen atoms in total. The highest BCUT2D eigenvalue weighted by Crippen LogP contribution is 2.32. The first-order chi connectivity index (χ1) is 14.9. The van der Waals surface area contributed by atoms with Gasteiger partial charge in [0.2, 0.25) is 0 Å². The summed E-state index contributed by atoms with van der Waals surface area (Å²) in [6.07, 6.45) is 3.79. The molecule has 2 aromatic heterocycles. The summed E-state index contributed by atoms with van der Waals surface area (Å²) in [4.78, 5) is 13.4. The average Bonchev–Trinajstić information content (AvgIpc) is 3.38. The fraction of sp³-hybridized carbons (Fsp3) is 0.167. The van der Waals surface area contributed by atoms with Gasteiger partial charge in [0.05, 0.1) is 24.2 Å². The summed E-state index contributed by atoms with van der Waals surface area (Å²) in [6.45, 7) is 5.74. The fourth-order valence-corrected chi connectivity index (χ4v) is 3.63. The monoisotopic (exact) mass is 434 g/mol. The Morgan fingerprint density at radius 1 is 1.06 bits per heavy atom. The van der Waals surface area contributed by atoms with Crippen molar-refractivity contribution in [2.75, 3.05) is 12.4 Å². The van der Waals surface area contributed by atoms with Gasteiger partial charge in [-0.25, -0.2) is 4.68 Å². The van der Waals surface area contributed by atoms with Crippen LogP contribution in [-0.2, 0) is 0 Å². The van der Waals surface area contributed by atoms with Crippen LogP contribution in [0.3, 0.4) is 0 Å². The van der Waals surface area contributed by atoms with Crippen molar-refractivity contribution < 1.29 is 9.53 Å². The largest absolute Gasteiger partial charge is 0.495 e. The third kappa shape index (κ3) is 3.94. The van der Waals surface area contributed by atoms with Crippen LogP contribution in [0.25, 0.3) is 11.5 Å². The van der Waals surface area contributed by atoms with Gasteiger partial charge in [0.15, 0.2) is 5.82 Å². The number of aryl methyl sites for hydroxylation is 3. The van der Waals surface area contributed by atoms with Crippen molar-refractivity contribution in [2.24, 2.45) is 0 Å². The van der Waals surface area contributed by atoms with E-state index in [0.717, 1.165) is 16.8 Å². The number of carbonyl (C=O) groups is 1. The molecule has 0 aliphatic heterocycles. The number of aromatic nitrogens is 3. The lowest BCUT2D eigenvalue weighted by Crippen LogP contribution is -2.16. The van der Waals surface area contributed by atoms with Gasteiger partial charge in [-0.05, 0) is 56.7 Å². The Morgan fingerprint density at radius 3 is 2.39 bits per heavy atom. The van der Waals surface area contributed by atoms with Crippen molar-refractivity contribution >= 4 is 23.2 Å². The first-order valence-corrected chi connectivity index (χ1v) is 10.2. The minimum absolute atomic E-state index is 0.278. The van der Waals surface area contributed by atoms with Crippen molar-refractivity contribution in [3.05, 3.63) is 88.3 Å². The Labute approximate surface area is 186 Å². The summed E-state index contributed by atoms with van der Waals surface area (Å²) >= 11 is 6.21. The van der Waals surface area contributed by atoms with E-state index in [1.165, 1.54) is 0 Å². The summed E-state index contributed by atoms with van der Waals surface area (Å²) in [6, 6.07) is 15.3. The molecule has 31 heavy (non-hydrogen) atoms. The number of benzene rings is 2. The molecule has 1 N–H and O–H groups in total. The van der Waals surface area contributed by atoms with Crippen LogP contribution >= 0.6 is 11.6 Å². The molecule has 2 aromatic carbocycles. The van der Waals surface area contributed by atoms with Crippen LogP contribution in [0.1, 0.15) is 27.2 Å². The number of ether oxygens (including phenoxy) is 1. The number of hydrogen-bond donors (Lipinski definition) is 1. The number of nitrogens with zero attached hydrogens (tertiary/aromatic N) is 3. The molecule has 0 bridgehead atoms. The number of carbonyl (C=O) groups excluding carboxylic acids is 1. The highest BCUT2D eigenvalue weighted by atomic mass is 35.5. The van der Waals surface area contributed by atoms with E-state index >= 15 is 0 Å². The molecule has 0 saturated heterocycles. The summed E-state index contributed by atoms with van der Waals surface area (Å²) < 4.78 is 9.08. The number of nitrogens with one attached hydrogen (secondary N) is 1. The van der Waals surface area contributed by atoms with Crippen molar-refractivity contribution in [3.8, 4) is 17.3 Å². The van der Waals surface area contributed by atoms with E-state index in [4.69, 9.17) is 16.3 Å². The number of anilines is 1. The standard InChI is InChI=1S/C24H23ClN4O2/c1-15-7-9-18(10-8-15)29-24(28-11-5-6-12-28)22(17(3)27-29)23(30)26-20-13-16(2)19(25)14-21(20)31-4/h5-14H,1-4H3,(H,26,30). The molecular formula is C24H23ClN4O2. The lowest BCUT2D eigenvalue weighted by Gasteiger charge is -2.14. The van der Waals surface area contributed by atoms with Crippen LogP contribution in [0.5, 0.6) is 5.75 Å². The van der Waals surface area contributed by atoms with Gasteiger partial charge in [-0.2, -0.15) is 5.10 Å². The van der Waals surface area contributed by atoms with E-state index in [2.05, 4.69) is 10.4 Å². The Kier molecular flexibility index (Phi) is 5.57. The summed E-state index contributed by atoms with van der Waals surface area (Å²) in [7, 11) is 1.54. The van der Waals surface area contributed by atoms with Gasteiger partial charge < -0.3 is 14.6 Å². The second kappa shape index (κ2) is 8.32. The maximum absolute atomic E-state index is 13.4. The van der Waals surface area contributed by atoms with E-state index < -0.39 is 0 Å². The molecule has 0 spiro atoms. The number of amides is 1. The highest BCUT2D eigenvalue weighted by molar-refractivity contribution is 6.31. The van der Waals surface area contributed by atoms with Gasteiger partial charge >= 0.3 is 0 Å². The number of halogens is 1. The Hall–Kier alpha value is -3.51. The van der Waals surface area contributed by atoms with Crippen LogP contribution in [0.2, 0.25) is 5.02 Å². The molecule has 4 rings (SSSR count). The zero-order valence-corrected chi connectivity index (χ0v) is 18.6. The normalized spacial score (nSPS) is 10.9. The predicted octanol–water partition coefficient (Wildman–Crippen LogP) is 5.50.